The third kappa shape index (κ3) is 10.4. The van der Waals surface area contributed by atoms with Crippen molar-refractivity contribution in [2.75, 3.05) is 30.3 Å². The van der Waals surface area contributed by atoms with Crippen LogP contribution in [0.1, 0.15) is 31.9 Å². The van der Waals surface area contributed by atoms with Crippen LogP contribution >= 0.6 is 35.0 Å². The van der Waals surface area contributed by atoms with E-state index in [0.29, 0.717) is 34.5 Å². The molecule has 260 valence electrons. The first kappa shape index (κ1) is 38.1. The number of hydrogen-bond donors (Lipinski definition) is 1. The fourth-order valence-electron chi connectivity index (χ4n) is 5.09. The highest BCUT2D eigenvalue weighted by atomic mass is 35.5. The first-order valence-corrected chi connectivity index (χ1v) is 19.3. The highest BCUT2D eigenvalue weighted by Crippen LogP contribution is 2.29. The molecule has 0 aromatic heterocycles. The minimum absolute atomic E-state index is 0.0259. The predicted octanol–water partition coefficient (Wildman–Crippen LogP) is 7.72. The molecule has 1 atom stereocenters. The van der Waals surface area contributed by atoms with Crippen molar-refractivity contribution in [3.63, 3.8) is 0 Å². The van der Waals surface area contributed by atoms with E-state index in [9.17, 15) is 18.0 Å². The van der Waals surface area contributed by atoms with Gasteiger partial charge >= 0.3 is 0 Å². The second-order valence-electron chi connectivity index (χ2n) is 11.7. The van der Waals surface area contributed by atoms with Gasteiger partial charge in [-0.25, -0.2) is 8.42 Å². The topological polar surface area (TPSA) is 96.0 Å². The van der Waals surface area contributed by atoms with Crippen LogP contribution in [-0.2, 0) is 32.6 Å². The van der Waals surface area contributed by atoms with Crippen LogP contribution in [0.4, 0.5) is 5.69 Å². The van der Waals surface area contributed by atoms with E-state index in [2.05, 4.69) is 5.32 Å². The minimum Gasteiger partial charge on any atom is -0.494 e. The van der Waals surface area contributed by atoms with Crippen molar-refractivity contribution >= 4 is 62.5 Å². The van der Waals surface area contributed by atoms with Crippen molar-refractivity contribution in [3.8, 4) is 5.75 Å². The SMILES string of the molecule is CCOc1ccc(N(CC(=O)N(Cc2ccc(Cl)c(Cl)c2)C(Cc2ccccc2)C(=O)NCC(C)C)S(=O)(=O)c2ccc(SC)cc2)cc1. The number of sulfonamides is 1. The van der Waals surface area contributed by atoms with Crippen molar-refractivity contribution < 1.29 is 22.7 Å². The number of nitrogens with one attached hydrogen (secondary N) is 1. The number of ether oxygens (including phenoxy) is 1. The summed E-state index contributed by atoms with van der Waals surface area (Å²) in [6.45, 7) is 6.05. The first-order valence-electron chi connectivity index (χ1n) is 15.9. The van der Waals surface area contributed by atoms with Crippen molar-refractivity contribution in [1.29, 1.82) is 0 Å². The molecule has 0 spiro atoms. The van der Waals surface area contributed by atoms with E-state index >= 15 is 0 Å². The number of halogens is 2. The van der Waals surface area contributed by atoms with Crippen molar-refractivity contribution in [1.82, 2.24) is 10.2 Å². The largest absolute Gasteiger partial charge is 0.494 e. The number of benzene rings is 4. The van der Waals surface area contributed by atoms with Gasteiger partial charge in [-0.15, -0.1) is 11.8 Å². The Kier molecular flexibility index (Phi) is 13.8. The van der Waals surface area contributed by atoms with E-state index in [1.807, 2.05) is 57.4 Å². The number of carbonyl (C=O) groups excluding carboxylic acids is 2. The molecule has 0 heterocycles. The lowest BCUT2D eigenvalue weighted by atomic mass is 10.0. The molecule has 49 heavy (non-hydrogen) atoms. The predicted molar refractivity (Wildman–Crippen MR) is 199 cm³/mol. The van der Waals surface area contributed by atoms with Gasteiger partial charge in [0.25, 0.3) is 10.0 Å². The zero-order chi connectivity index (χ0) is 35.6. The molecule has 0 bridgehead atoms. The van der Waals surface area contributed by atoms with Crippen molar-refractivity contribution in [2.24, 2.45) is 5.92 Å². The highest BCUT2D eigenvalue weighted by Gasteiger charge is 2.35. The van der Waals surface area contributed by atoms with Crippen LogP contribution in [0.2, 0.25) is 10.0 Å². The lowest BCUT2D eigenvalue weighted by Gasteiger charge is -2.34. The van der Waals surface area contributed by atoms with Crippen LogP contribution < -0.4 is 14.4 Å². The van der Waals surface area contributed by atoms with E-state index in [-0.39, 0.29) is 35.4 Å². The average molecular weight is 743 g/mol. The number of carbonyl (C=O) groups is 2. The quantitative estimate of drug-likeness (QED) is 0.118. The van der Waals surface area contributed by atoms with E-state index in [0.717, 1.165) is 14.8 Å². The third-order valence-corrected chi connectivity index (χ3v) is 10.9. The van der Waals surface area contributed by atoms with Gasteiger partial charge in [-0.1, -0.05) is 73.4 Å². The van der Waals surface area contributed by atoms with Gasteiger partial charge in [0.15, 0.2) is 0 Å². The van der Waals surface area contributed by atoms with E-state index < -0.39 is 28.5 Å². The van der Waals surface area contributed by atoms with E-state index in [1.54, 1.807) is 54.6 Å². The maximum absolute atomic E-state index is 14.7. The summed E-state index contributed by atoms with van der Waals surface area (Å²) < 4.78 is 35.3. The smallest absolute Gasteiger partial charge is 0.264 e. The van der Waals surface area contributed by atoms with E-state index in [4.69, 9.17) is 27.9 Å². The van der Waals surface area contributed by atoms with Crippen molar-refractivity contribution in [2.45, 2.75) is 49.6 Å². The molecule has 4 aromatic rings. The first-order chi connectivity index (χ1) is 23.4. The number of anilines is 1. The summed E-state index contributed by atoms with van der Waals surface area (Å²) in [5.74, 6) is -0.206. The Balaban J connectivity index is 1.81. The molecule has 0 radical (unpaired) electrons. The molecule has 1 N–H and O–H groups in total. The number of nitrogens with zero attached hydrogens (tertiary/aromatic N) is 2. The highest BCUT2D eigenvalue weighted by molar-refractivity contribution is 7.98. The second-order valence-corrected chi connectivity index (χ2v) is 15.3. The second kappa shape index (κ2) is 17.8. The van der Waals surface area contributed by atoms with Gasteiger partial charge in [-0.3, -0.25) is 13.9 Å². The molecule has 12 heteroatoms. The minimum atomic E-state index is -4.25. The van der Waals surface area contributed by atoms with E-state index in [1.165, 1.54) is 28.8 Å². The molecule has 0 aliphatic rings. The zero-order valence-corrected chi connectivity index (χ0v) is 31.1. The normalized spacial score (nSPS) is 12.0. The van der Waals surface area contributed by atoms with Gasteiger partial charge in [0, 0.05) is 24.4 Å². The molecule has 0 saturated carbocycles. The summed E-state index contributed by atoms with van der Waals surface area (Å²) in [6.07, 6.45) is 2.10. The molecule has 0 aliphatic heterocycles. The molecular formula is C37H41Cl2N3O5S2. The summed E-state index contributed by atoms with van der Waals surface area (Å²) in [5, 5.41) is 3.63. The Labute approximate surface area is 303 Å². The molecule has 0 aliphatic carbocycles. The Bertz CT molecular complexity index is 1810. The van der Waals surface area contributed by atoms with Gasteiger partial charge in [-0.05, 0) is 90.9 Å². The molecular weight excluding hydrogens is 701 g/mol. The molecule has 0 saturated heterocycles. The maximum atomic E-state index is 14.7. The Hall–Kier alpha value is -3.70. The van der Waals surface area contributed by atoms with Crippen molar-refractivity contribution in [3.05, 3.63) is 118 Å². The van der Waals surface area contributed by atoms with Crippen LogP contribution in [0, 0.1) is 5.92 Å². The van der Waals surface area contributed by atoms with Crippen LogP contribution in [-0.4, -0.2) is 57.1 Å². The summed E-state index contributed by atoms with van der Waals surface area (Å²) >= 11 is 14.1. The van der Waals surface area contributed by atoms with Gasteiger partial charge in [-0.2, -0.15) is 0 Å². The van der Waals surface area contributed by atoms with Gasteiger partial charge in [0.05, 0.1) is 27.2 Å². The molecule has 2 amide bonds. The summed E-state index contributed by atoms with van der Waals surface area (Å²) in [4.78, 5) is 30.9. The maximum Gasteiger partial charge on any atom is 0.264 e. The molecule has 4 aromatic carbocycles. The number of amides is 2. The Morgan fingerprint density at radius 2 is 1.55 bits per heavy atom. The van der Waals surface area contributed by atoms with Gasteiger partial charge in [0.2, 0.25) is 11.8 Å². The van der Waals surface area contributed by atoms with Crippen LogP contribution in [0.3, 0.4) is 0 Å². The Morgan fingerprint density at radius 1 is 0.878 bits per heavy atom. The standard InChI is InChI=1S/C37H41Cl2N3O5S2/c1-5-47-30-14-12-29(13-15-30)42(49(45,46)32-18-16-31(48-4)17-19-32)25-36(43)41(24-28-11-20-33(38)34(39)21-28)35(37(44)40-23-26(2)3)22-27-9-7-6-8-10-27/h6-21,26,35H,5,22-25H2,1-4H3,(H,40,44). The van der Waals surface area contributed by atoms with Gasteiger partial charge in [0.1, 0.15) is 18.3 Å². The Morgan fingerprint density at radius 3 is 2.14 bits per heavy atom. The van der Waals surface area contributed by atoms with Crippen LogP contribution in [0.15, 0.2) is 107 Å². The van der Waals surface area contributed by atoms with Crippen LogP contribution in [0.25, 0.3) is 0 Å². The summed E-state index contributed by atoms with van der Waals surface area (Å²) in [7, 11) is -4.25. The zero-order valence-electron chi connectivity index (χ0n) is 27.9. The summed E-state index contributed by atoms with van der Waals surface area (Å²) in [5.41, 5.74) is 1.73. The number of thioether (sulfide) groups is 1. The average Bonchev–Trinajstić information content (AvgIpc) is 3.10. The number of hydrogen-bond acceptors (Lipinski definition) is 6. The van der Waals surface area contributed by atoms with Crippen LogP contribution in [0.5, 0.6) is 5.75 Å². The lowest BCUT2D eigenvalue weighted by molar-refractivity contribution is -0.140. The molecule has 1 unspecified atom stereocenters. The fourth-order valence-corrected chi connectivity index (χ4v) is 7.23. The molecule has 0 fully saturated rings. The lowest BCUT2D eigenvalue weighted by Crippen LogP contribution is -2.53. The monoisotopic (exact) mass is 741 g/mol. The molecule has 4 rings (SSSR count). The number of rotatable bonds is 16. The van der Waals surface area contributed by atoms with Gasteiger partial charge < -0.3 is 15.0 Å². The fraction of sp³-hybridized carbons (Fsp3) is 0.297. The molecule has 8 nitrogen and oxygen atoms in total. The summed E-state index contributed by atoms with van der Waals surface area (Å²) in [6, 6.07) is 26.4. The third-order valence-electron chi connectivity index (χ3n) is 7.65.